The van der Waals surface area contributed by atoms with Crippen LogP contribution in [0.25, 0.3) is 11.3 Å². The Hall–Kier alpha value is -2.93. The van der Waals surface area contributed by atoms with E-state index in [-0.39, 0.29) is 18.4 Å². The van der Waals surface area contributed by atoms with Gasteiger partial charge in [-0.2, -0.15) is 0 Å². The average molecular weight is 355 g/mol. The van der Waals surface area contributed by atoms with Gasteiger partial charge < -0.3 is 15.1 Å². The molecule has 2 aromatic heterocycles. The summed E-state index contributed by atoms with van der Waals surface area (Å²) in [5, 5.41) is 7.62. The molecule has 0 saturated heterocycles. The first-order valence-corrected chi connectivity index (χ1v) is 8.54. The number of benzene rings is 1. The predicted octanol–water partition coefficient (Wildman–Crippen LogP) is 3.39. The number of furan rings is 1. The van der Waals surface area contributed by atoms with Crippen LogP contribution in [0, 0.1) is 13.8 Å². The van der Waals surface area contributed by atoms with Crippen molar-refractivity contribution in [3.05, 3.63) is 58.9 Å². The van der Waals surface area contributed by atoms with Crippen LogP contribution in [0.5, 0.6) is 0 Å². The molecule has 0 aliphatic rings. The number of anilines is 1. The Morgan fingerprint density at radius 1 is 1.24 bits per heavy atom. The summed E-state index contributed by atoms with van der Waals surface area (Å²) in [7, 11) is 0. The van der Waals surface area contributed by atoms with Gasteiger partial charge in [-0.25, -0.2) is 4.98 Å². The molecule has 2 N–H and O–H groups in total. The Morgan fingerprint density at radius 3 is 2.80 bits per heavy atom. The second-order valence-electron chi connectivity index (χ2n) is 5.60. The van der Waals surface area contributed by atoms with Gasteiger partial charge in [0.25, 0.3) is 5.91 Å². The third kappa shape index (κ3) is 4.13. The highest BCUT2D eigenvalue weighted by Crippen LogP contribution is 2.27. The topological polar surface area (TPSA) is 84.2 Å². The Morgan fingerprint density at radius 2 is 2.08 bits per heavy atom. The number of thiazole rings is 1. The van der Waals surface area contributed by atoms with E-state index in [9.17, 15) is 9.59 Å². The lowest BCUT2D eigenvalue weighted by Crippen LogP contribution is -2.32. The quantitative estimate of drug-likeness (QED) is 0.735. The van der Waals surface area contributed by atoms with E-state index in [0.717, 1.165) is 16.8 Å². The second-order valence-corrected chi connectivity index (χ2v) is 6.46. The maximum atomic E-state index is 12.0. The van der Waals surface area contributed by atoms with Crippen LogP contribution in [-0.2, 0) is 4.79 Å². The van der Waals surface area contributed by atoms with Gasteiger partial charge in [-0.1, -0.05) is 23.8 Å². The molecule has 0 spiro atoms. The molecule has 7 heteroatoms. The lowest BCUT2D eigenvalue weighted by Gasteiger charge is -2.04. The first kappa shape index (κ1) is 16.9. The fourth-order valence-corrected chi connectivity index (χ4v) is 3.10. The van der Waals surface area contributed by atoms with Crippen molar-refractivity contribution < 1.29 is 14.0 Å². The van der Waals surface area contributed by atoms with E-state index >= 15 is 0 Å². The van der Waals surface area contributed by atoms with Gasteiger partial charge in [0, 0.05) is 10.9 Å². The summed E-state index contributed by atoms with van der Waals surface area (Å²) >= 11 is 1.35. The minimum atomic E-state index is -0.362. The number of nitrogens with one attached hydrogen (secondary N) is 2. The SMILES string of the molecule is Cc1ccc(-c2csc(NC(=O)CNC(=O)c3ccoc3)n2)c(C)c1. The van der Waals surface area contributed by atoms with Gasteiger partial charge in [-0.15, -0.1) is 11.3 Å². The Balaban J connectivity index is 1.59. The molecular weight excluding hydrogens is 338 g/mol. The molecule has 0 unspecified atom stereocenters. The van der Waals surface area contributed by atoms with Crippen LogP contribution in [0.4, 0.5) is 5.13 Å². The highest BCUT2D eigenvalue weighted by molar-refractivity contribution is 7.14. The molecule has 6 nitrogen and oxygen atoms in total. The van der Waals surface area contributed by atoms with Crippen LogP contribution in [0.2, 0.25) is 0 Å². The summed E-state index contributed by atoms with van der Waals surface area (Å²) in [6.45, 7) is 3.94. The van der Waals surface area contributed by atoms with Crippen molar-refractivity contribution in [1.29, 1.82) is 0 Å². The van der Waals surface area contributed by atoms with Crippen LogP contribution >= 0.6 is 11.3 Å². The molecular formula is C18H17N3O3S. The van der Waals surface area contributed by atoms with Crippen LogP contribution in [0.3, 0.4) is 0 Å². The molecule has 0 aliphatic heterocycles. The zero-order chi connectivity index (χ0) is 17.8. The van der Waals surface area contributed by atoms with Crippen molar-refractivity contribution in [1.82, 2.24) is 10.3 Å². The molecule has 0 saturated carbocycles. The number of aromatic nitrogens is 1. The summed E-state index contributed by atoms with van der Waals surface area (Å²) in [4.78, 5) is 28.2. The van der Waals surface area contributed by atoms with Crippen molar-refractivity contribution in [3.8, 4) is 11.3 Å². The highest BCUT2D eigenvalue weighted by Gasteiger charge is 2.12. The Bertz CT molecular complexity index is 900. The zero-order valence-electron chi connectivity index (χ0n) is 13.8. The van der Waals surface area contributed by atoms with E-state index in [4.69, 9.17) is 4.42 Å². The minimum absolute atomic E-state index is 0.136. The summed E-state index contributed by atoms with van der Waals surface area (Å²) < 4.78 is 4.83. The summed E-state index contributed by atoms with van der Waals surface area (Å²) in [6, 6.07) is 7.68. The number of hydrogen-bond acceptors (Lipinski definition) is 5. The first-order chi connectivity index (χ1) is 12.0. The summed E-state index contributed by atoms with van der Waals surface area (Å²) in [5.41, 5.74) is 4.56. The van der Waals surface area contributed by atoms with Crippen molar-refractivity contribution in [2.75, 3.05) is 11.9 Å². The number of carbonyl (C=O) groups is 2. The van der Waals surface area contributed by atoms with Crippen LogP contribution < -0.4 is 10.6 Å². The van der Waals surface area contributed by atoms with E-state index in [1.165, 1.54) is 35.5 Å². The molecule has 0 bridgehead atoms. The summed E-state index contributed by atoms with van der Waals surface area (Å²) in [5.74, 6) is -0.697. The molecule has 0 fully saturated rings. The van der Waals surface area contributed by atoms with Gasteiger partial charge in [0.1, 0.15) is 6.26 Å². The van der Waals surface area contributed by atoms with Gasteiger partial charge in [-0.3, -0.25) is 9.59 Å². The van der Waals surface area contributed by atoms with E-state index in [2.05, 4.69) is 21.7 Å². The van der Waals surface area contributed by atoms with Crippen LogP contribution in [0.15, 0.2) is 46.6 Å². The third-order valence-corrected chi connectivity index (χ3v) is 4.36. The molecule has 3 aromatic rings. The van der Waals surface area contributed by atoms with Gasteiger partial charge in [0.2, 0.25) is 5.91 Å². The largest absolute Gasteiger partial charge is 0.472 e. The van der Waals surface area contributed by atoms with Gasteiger partial charge in [-0.05, 0) is 25.5 Å². The van der Waals surface area contributed by atoms with Crippen LogP contribution in [0.1, 0.15) is 21.5 Å². The lowest BCUT2D eigenvalue weighted by molar-refractivity contribution is -0.115. The lowest BCUT2D eigenvalue weighted by atomic mass is 10.0. The molecule has 128 valence electrons. The third-order valence-electron chi connectivity index (χ3n) is 3.60. The number of amides is 2. The monoisotopic (exact) mass is 355 g/mol. The molecule has 0 radical (unpaired) electrons. The number of nitrogens with zero attached hydrogens (tertiary/aromatic N) is 1. The highest BCUT2D eigenvalue weighted by atomic mass is 32.1. The first-order valence-electron chi connectivity index (χ1n) is 7.66. The number of hydrogen-bond donors (Lipinski definition) is 2. The van der Waals surface area contributed by atoms with Crippen LogP contribution in [-0.4, -0.2) is 23.3 Å². The second kappa shape index (κ2) is 7.31. The number of rotatable bonds is 5. The van der Waals surface area contributed by atoms with Crippen molar-refractivity contribution >= 4 is 28.3 Å². The van der Waals surface area contributed by atoms with E-state index in [1.807, 2.05) is 31.4 Å². The Kier molecular flexibility index (Phi) is 4.95. The standard InChI is InChI=1S/C18H17N3O3S/c1-11-3-4-14(12(2)7-11)15-10-25-18(20-15)21-16(22)8-19-17(23)13-5-6-24-9-13/h3-7,9-10H,8H2,1-2H3,(H,19,23)(H,20,21,22). The zero-order valence-corrected chi connectivity index (χ0v) is 14.6. The van der Waals surface area contributed by atoms with Gasteiger partial charge in [0.05, 0.1) is 24.1 Å². The molecule has 0 atom stereocenters. The normalized spacial score (nSPS) is 10.5. The summed E-state index contributed by atoms with van der Waals surface area (Å²) in [6.07, 6.45) is 2.73. The fourth-order valence-electron chi connectivity index (χ4n) is 2.38. The molecule has 3 rings (SSSR count). The molecule has 0 aliphatic carbocycles. The van der Waals surface area contributed by atoms with Crippen molar-refractivity contribution in [2.45, 2.75) is 13.8 Å². The van der Waals surface area contributed by atoms with Gasteiger partial charge in [0.15, 0.2) is 5.13 Å². The minimum Gasteiger partial charge on any atom is -0.472 e. The maximum absolute atomic E-state index is 12.0. The molecule has 2 amide bonds. The molecule has 1 aromatic carbocycles. The van der Waals surface area contributed by atoms with Crippen molar-refractivity contribution in [2.24, 2.45) is 0 Å². The molecule has 25 heavy (non-hydrogen) atoms. The average Bonchev–Trinajstić information content (AvgIpc) is 3.24. The fraction of sp³-hybridized carbons (Fsp3) is 0.167. The van der Waals surface area contributed by atoms with E-state index in [1.54, 1.807) is 0 Å². The smallest absolute Gasteiger partial charge is 0.254 e. The van der Waals surface area contributed by atoms with Crippen molar-refractivity contribution in [3.63, 3.8) is 0 Å². The van der Waals surface area contributed by atoms with Gasteiger partial charge >= 0.3 is 0 Å². The number of carbonyl (C=O) groups excluding carboxylic acids is 2. The maximum Gasteiger partial charge on any atom is 0.254 e. The predicted molar refractivity (Wildman–Crippen MR) is 96.7 cm³/mol. The van der Waals surface area contributed by atoms with E-state index in [0.29, 0.717) is 10.7 Å². The number of aryl methyl sites for hydroxylation is 2. The Labute approximate surface area is 148 Å². The molecule has 2 heterocycles. The van der Waals surface area contributed by atoms with E-state index < -0.39 is 0 Å².